The van der Waals surface area contributed by atoms with Gasteiger partial charge in [-0.15, -0.1) is 0 Å². The summed E-state index contributed by atoms with van der Waals surface area (Å²) < 4.78 is 28.9. The molecule has 128 valence electrons. The molecule has 1 aliphatic carbocycles. The molecule has 3 rings (SSSR count). The van der Waals surface area contributed by atoms with E-state index in [0.717, 1.165) is 31.5 Å². The van der Waals surface area contributed by atoms with Gasteiger partial charge < -0.3 is 4.90 Å². The van der Waals surface area contributed by atoms with Gasteiger partial charge in [0.05, 0.1) is 6.20 Å². The molecule has 1 aromatic heterocycles. The van der Waals surface area contributed by atoms with Crippen molar-refractivity contribution in [2.75, 3.05) is 31.6 Å². The summed E-state index contributed by atoms with van der Waals surface area (Å²) in [5.41, 5.74) is 0. The zero-order valence-corrected chi connectivity index (χ0v) is 14.6. The van der Waals surface area contributed by atoms with Gasteiger partial charge in [0.2, 0.25) is 0 Å². The van der Waals surface area contributed by atoms with Crippen LogP contribution in [0, 0.1) is 0 Å². The predicted octanol–water partition coefficient (Wildman–Crippen LogP) is 1.11. The predicted molar refractivity (Wildman–Crippen MR) is 89.4 cm³/mol. The van der Waals surface area contributed by atoms with Crippen LogP contribution in [0.3, 0.4) is 0 Å². The molecule has 1 aromatic rings. The summed E-state index contributed by atoms with van der Waals surface area (Å²) in [6, 6.07) is 0.237. The maximum atomic E-state index is 12.9. The standard InChI is InChI=1S/C15H25N5O2S/c1-13-12-19(9-10-20(13)15-11-16-7-8-17-15)23(21,22)18(2)14-5-3-4-6-14/h7-8,11,13-14H,3-6,9-10,12H2,1-2H3. The zero-order valence-electron chi connectivity index (χ0n) is 13.8. The number of aromatic nitrogens is 2. The van der Waals surface area contributed by atoms with Crippen LogP contribution in [0.15, 0.2) is 18.6 Å². The van der Waals surface area contributed by atoms with Crippen molar-refractivity contribution in [2.24, 2.45) is 0 Å². The lowest BCUT2D eigenvalue weighted by Crippen LogP contribution is -2.57. The van der Waals surface area contributed by atoms with Crippen molar-refractivity contribution in [3.05, 3.63) is 18.6 Å². The number of anilines is 1. The zero-order chi connectivity index (χ0) is 16.4. The Morgan fingerprint density at radius 2 is 1.96 bits per heavy atom. The van der Waals surface area contributed by atoms with E-state index in [-0.39, 0.29) is 12.1 Å². The Kier molecular flexibility index (Phi) is 4.84. The third-order valence-electron chi connectivity index (χ3n) is 4.96. The van der Waals surface area contributed by atoms with E-state index in [1.807, 2.05) is 6.92 Å². The molecule has 1 atom stereocenters. The summed E-state index contributed by atoms with van der Waals surface area (Å²) in [5.74, 6) is 0.807. The Morgan fingerprint density at radius 1 is 1.22 bits per heavy atom. The van der Waals surface area contributed by atoms with Gasteiger partial charge in [0.1, 0.15) is 5.82 Å². The van der Waals surface area contributed by atoms with Crippen molar-refractivity contribution >= 4 is 16.0 Å². The highest BCUT2D eigenvalue weighted by atomic mass is 32.2. The van der Waals surface area contributed by atoms with Crippen LogP contribution < -0.4 is 4.90 Å². The average Bonchev–Trinajstić information content (AvgIpc) is 3.09. The van der Waals surface area contributed by atoms with E-state index in [4.69, 9.17) is 0 Å². The van der Waals surface area contributed by atoms with Gasteiger partial charge in [-0.2, -0.15) is 17.0 Å². The Labute approximate surface area is 138 Å². The van der Waals surface area contributed by atoms with Crippen LogP contribution in [0.5, 0.6) is 0 Å². The molecule has 7 nitrogen and oxygen atoms in total. The van der Waals surface area contributed by atoms with Crippen LogP contribution in [0.2, 0.25) is 0 Å². The molecule has 0 N–H and O–H groups in total. The van der Waals surface area contributed by atoms with Gasteiger partial charge >= 0.3 is 0 Å². The Hall–Kier alpha value is -1.25. The third kappa shape index (κ3) is 3.34. The summed E-state index contributed by atoms with van der Waals surface area (Å²) in [4.78, 5) is 10.5. The lowest BCUT2D eigenvalue weighted by Gasteiger charge is -2.41. The van der Waals surface area contributed by atoms with Crippen LogP contribution in [0.25, 0.3) is 0 Å². The summed E-state index contributed by atoms with van der Waals surface area (Å²) in [6.07, 6.45) is 9.24. The van der Waals surface area contributed by atoms with Crippen molar-refractivity contribution in [1.29, 1.82) is 0 Å². The molecule has 1 aliphatic heterocycles. The van der Waals surface area contributed by atoms with Gasteiger partial charge in [-0.25, -0.2) is 4.98 Å². The van der Waals surface area contributed by atoms with Crippen molar-refractivity contribution in [3.8, 4) is 0 Å². The van der Waals surface area contributed by atoms with Crippen LogP contribution in [-0.2, 0) is 10.2 Å². The monoisotopic (exact) mass is 339 g/mol. The average molecular weight is 339 g/mol. The molecule has 0 spiro atoms. The van der Waals surface area contributed by atoms with Crippen LogP contribution in [0.1, 0.15) is 32.6 Å². The molecular formula is C15H25N5O2S. The highest BCUT2D eigenvalue weighted by molar-refractivity contribution is 7.86. The van der Waals surface area contributed by atoms with E-state index < -0.39 is 10.2 Å². The lowest BCUT2D eigenvalue weighted by molar-refractivity contribution is 0.289. The van der Waals surface area contributed by atoms with Crippen LogP contribution in [0.4, 0.5) is 5.82 Å². The fourth-order valence-corrected chi connectivity index (χ4v) is 5.22. The first-order valence-corrected chi connectivity index (χ1v) is 9.65. The van der Waals surface area contributed by atoms with Crippen molar-refractivity contribution < 1.29 is 8.42 Å². The third-order valence-corrected chi connectivity index (χ3v) is 6.97. The number of hydrogen-bond acceptors (Lipinski definition) is 5. The van der Waals surface area contributed by atoms with Crippen molar-refractivity contribution in [1.82, 2.24) is 18.6 Å². The highest BCUT2D eigenvalue weighted by Gasteiger charge is 2.37. The second-order valence-electron chi connectivity index (χ2n) is 6.43. The fourth-order valence-electron chi connectivity index (χ4n) is 3.55. The van der Waals surface area contributed by atoms with Crippen LogP contribution in [-0.4, -0.2) is 65.8 Å². The molecule has 1 saturated carbocycles. The number of hydrogen-bond donors (Lipinski definition) is 0. The molecule has 0 radical (unpaired) electrons. The van der Waals surface area contributed by atoms with Crippen molar-refractivity contribution in [2.45, 2.75) is 44.7 Å². The fraction of sp³-hybridized carbons (Fsp3) is 0.733. The van der Waals surface area contributed by atoms with Gasteiger partial charge in [-0.3, -0.25) is 4.98 Å². The van der Waals surface area contributed by atoms with Gasteiger partial charge in [-0.1, -0.05) is 12.8 Å². The molecule has 0 aromatic carbocycles. The van der Waals surface area contributed by atoms with E-state index in [0.29, 0.717) is 19.6 Å². The molecule has 2 fully saturated rings. The molecule has 1 saturated heterocycles. The summed E-state index contributed by atoms with van der Waals surface area (Å²) in [5, 5.41) is 0. The maximum Gasteiger partial charge on any atom is 0.282 e. The minimum atomic E-state index is -3.38. The summed E-state index contributed by atoms with van der Waals surface area (Å²) in [6.45, 7) is 3.64. The first kappa shape index (κ1) is 16.6. The SMILES string of the molecule is CC1CN(S(=O)(=O)N(C)C2CCCC2)CCN1c1cnccn1. The van der Waals surface area contributed by atoms with E-state index in [9.17, 15) is 8.42 Å². The van der Waals surface area contributed by atoms with E-state index in [2.05, 4.69) is 14.9 Å². The lowest BCUT2D eigenvalue weighted by atomic mass is 10.2. The summed E-state index contributed by atoms with van der Waals surface area (Å²) in [7, 11) is -1.65. The maximum absolute atomic E-state index is 12.9. The normalized spacial score (nSPS) is 24.5. The molecule has 2 heterocycles. The van der Waals surface area contributed by atoms with E-state index >= 15 is 0 Å². The van der Waals surface area contributed by atoms with Gasteiger partial charge in [0.25, 0.3) is 10.2 Å². The topological polar surface area (TPSA) is 69.6 Å². The smallest absolute Gasteiger partial charge is 0.282 e. The first-order valence-electron chi connectivity index (χ1n) is 8.26. The highest BCUT2D eigenvalue weighted by Crippen LogP contribution is 2.27. The van der Waals surface area contributed by atoms with E-state index in [1.165, 1.54) is 0 Å². The number of nitrogens with zero attached hydrogens (tertiary/aromatic N) is 5. The Balaban J connectivity index is 1.69. The largest absolute Gasteiger partial charge is 0.350 e. The second kappa shape index (κ2) is 6.70. The molecule has 0 bridgehead atoms. The molecule has 23 heavy (non-hydrogen) atoms. The van der Waals surface area contributed by atoms with E-state index in [1.54, 1.807) is 34.2 Å². The van der Waals surface area contributed by atoms with Gasteiger partial charge in [0.15, 0.2) is 0 Å². The second-order valence-corrected chi connectivity index (χ2v) is 8.41. The molecule has 0 amide bonds. The van der Waals surface area contributed by atoms with Gasteiger partial charge in [0, 0.05) is 51.2 Å². The van der Waals surface area contributed by atoms with Crippen LogP contribution >= 0.6 is 0 Å². The molecule has 2 aliphatic rings. The van der Waals surface area contributed by atoms with Crippen molar-refractivity contribution in [3.63, 3.8) is 0 Å². The molecule has 8 heteroatoms. The minimum Gasteiger partial charge on any atom is -0.350 e. The first-order chi connectivity index (χ1) is 11.0. The summed E-state index contributed by atoms with van der Waals surface area (Å²) >= 11 is 0. The molecular weight excluding hydrogens is 314 g/mol. The quantitative estimate of drug-likeness (QED) is 0.822. The van der Waals surface area contributed by atoms with Gasteiger partial charge in [-0.05, 0) is 19.8 Å². The Morgan fingerprint density at radius 3 is 2.57 bits per heavy atom. The minimum absolute atomic E-state index is 0.0761. The number of rotatable bonds is 4. The molecule has 1 unspecified atom stereocenters. The Bertz CT molecular complexity index is 618. The number of piperazine rings is 1.